The van der Waals surface area contributed by atoms with Crippen LogP contribution in [0.4, 0.5) is 5.69 Å². The Morgan fingerprint density at radius 2 is 2.05 bits per heavy atom. The van der Waals surface area contributed by atoms with Crippen molar-refractivity contribution in [2.45, 2.75) is 17.0 Å². The Hall–Kier alpha value is -1.15. The summed E-state index contributed by atoms with van der Waals surface area (Å²) in [5.41, 5.74) is 0.590. The summed E-state index contributed by atoms with van der Waals surface area (Å²) < 4.78 is 31.6. The van der Waals surface area contributed by atoms with Crippen molar-refractivity contribution in [2.75, 3.05) is 32.6 Å². The van der Waals surface area contributed by atoms with E-state index in [0.717, 1.165) is 13.1 Å². The Balaban J connectivity index is 2.26. The zero-order valence-electron chi connectivity index (χ0n) is 11.0. The fourth-order valence-corrected chi connectivity index (χ4v) is 3.07. The first-order valence-corrected chi connectivity index (χ1v) is 7.59. The third-order valence-electron chi connectivity index (χ3n) is 3.25. The van der Waals surface area contributed by atoms with Crippen LogP contribution >= 0.6 is 0 Å². The average molecular weight is 285 g/mol. The quantitative estimate of drug-likeness (QED) is 0.709. The van der Waals surface area contributed by atoms with E-state index in [-0.39, 0.29) is 17.0 Å². The fourth-order valence-electron chi connectivity index (χ4n) is 2.18. The van der Waals surface area contributed by atoms with Gasteiger partial charge in [-0.25, -0.2) is 13.1 Å². The van der Waals surface area contributed by atoms with E-state index in [2.05, 4.69) is 15.4 Å². The maximum absolute atomic E-state index is 11.9. The Morgan fingerprint density at radius 1 is 1.32 bits per heavy atom. The van der Waals surface area contributed by atoms with E-state index in [4.69, 9.17) is 4.74 Å². The van der Waals surface area contributed by atoms with Crippen LogP contribution in [0.2, 0.25) is 0 Å². The molecule has 3 N–H and O–H groups in total. The molecule has 1 heterocycles. The van der Waals surface area contributed by atoms with E-state index in [9.17, 15) is 8.42 Å². The summed E-state index contributed by atoms with van der Waals surface area (Å²) in [5.74, 6) is 0. The molecule has 1 aliphatic heterocycles. The minimum absolute atomic E-state index is 0.0327. The van der Waals surface area contributed by atoms with E-state index >= 15 is 0 Å². The van der Waals surface area contributed by atoms with Crippen LogP contribution in [0, 0.1) is 0 Å². The third-order valence-corrected chi connectivity index (χ3v) is 4.72. The summed E-state index contributed by atoms with van der Waals surface area (Å²) in [6.45, 7) is 1.50. The number of hydrogen-bond acceptors (Lipinski definition) is 5. The first-order valence-electron chi connectivity index (χ1n) is 6.11. The van der Waals surface area contributed by atoms with Crippen molar-refractivity contribution in [3.63, 3.8) is 0 Å². The second-order valence-corrected chi connectivity index (χ2v) is 6.24. The smallest absolute Gasteiger partial charge is 0.242 e. The molecule has 0 bridgehead atoms. The second-order valence-electron chi connectivity index (χ2n) is 4.39. The van der Waals surface area contributed by atoms with Crippen molar-refractivity contribution >= 4 is 15.7 Å². The molecule has 19 heavy (non-hydrogen) atoms. The summed E-state index contributed by atoms with van der Waals surface area (Å²) in [4.78, 5) is 0.249. The van der Waals surface area contributed by atoms with E-state index in [1.807, 2.05) is 0 Å². The van der Waals surface area contributed by atoms with Gasteiger partial charge in [0.05, 0.1) is 17.8 Å². The van der Waals surface area contributed by atoms with Gasteiger partial charge in [0.15, 0.2) is 0 Å². The number of sulfonamides is 1. The monoisotopic (exact) mass is 285 g/mol. The van der Waals surface area contributed by atoms with Gasteiger partial charge in [-0.05, 0) is 19.2 Å². The molecular weight excluding hydrogens is 266 g/mol. The predicted molar refractivity (Wildman–Crippen MR) is 73.8 cm³/mol. The molecule has 2 atom stereocenters. The summed E-state index contributed by atoms with van der Waals surface area (Å²) in [6, 6.07) is 6.91. The first kappa shape index (κ1) is 14.3. The molecule has 1 aliphatic rings. The van der Waals surface area contributed by atoms with Crippen LogP contribution in [0.5, 0.6) is 0 Å². The van der Waals surface area contributed by atoms with Crippen molar-refractivity contribution in [3.8, 4) is 0 Å². The molecule has 1 aromatic rings. The van der Waals surface area contributed by atoms with Gasteiger partial charge in [0.1, 0.15) is 4.90 Å². The molecule has 1 fully saturated rings. The van der Waals surface area contributed by atoms with Crippen molar-refractivity contribution in [1.29, 1.82) is 0 Å². The van der Waals surface area contributed by atoms with Crippen molar-refractivity contribution in [2.24, 2.45) is 0 Å². The lowest BCUT2D eigenvalue weighted by Gasteiger charge is -2.21. The van der Waals surface area contributed by atoms with Crippen LogP contribution in [0.25, 0.3) is 0 Å². The summed E-state index contributed by atoms with van der Waals surface area (Å²) >= 11 is 0. The molecule has 1 saturated heterocycles. The molecule has 1 aromatic carbocycles. The lowest BCUT2D eigenvalue weighted by Crippen LogP contribution is -2.34. The molecular formula is C12H19N3O3S. The molecule has 7 heteroatoms. The fraction of sp³-hybridized carbons (Fsp3) is 0.500. The van der Waals surface area contributed by atoms with Gasteiger partial charge < -0.3 is 15.4 Å². The second kappa shape index (κ2) is 5.87. The molecule has 0 radical (unpaired) electrons. The predicted octanol–water partition coefficient (Wildman–Crippen LogP) is -0.00660. The number of hydrogen-bond donors (Lipinski definition) is 3. The number of ether oxygens (including phenoxy) is 1. The highest BCUT2D eigenvalue weighted by molar-refractivity contribution is 7.89. The van der Waals surface area contributed by atoms with Gasteiger partial charge in [-0.3, -0.25) is 0 Å². The summed E-state index contributed by atoms with van der Waals surface area (Å²) in [7, 11) is -0.409. The molecule has 6 nitrogen and oxygen atoms in total. The van der Waals surface area contributed by atoms with Gasteiger partial charge in [-0.15, -0.1) is 0 Å². The third kappa shape index (κ3) is 3.06. The van der Waals surface area contributed by atoms with Gasteiger partial charge in [-0.2, -0.15) is 0 Å². The molecule has 0 spiro atoms. The Labute approximate surface area is 113 Å². The zero-order valence-corrected chi connectivity index (χ0v) is 11.8. The summed E-state index contributed by atoms with van der Waals surface area (Å²) in [5, 5.41) is 6.46. The Morgan fingerprint density at radius 3 is 2.74 bits per heavy atom. The highest BCUT2D eigenvalue weighted by Crippen LogP contribution is 2.22. The molecule has 106 valence electrons. The molecule has 0 aliphatic carbocycles. The van der Waals surface area contributed by atoms with Crippen LogP contribution in [0.15, 0.2) is 29.2 Å². The number of methoxy groups -OCH3 is 1. The van der Waals surface area contributed by atoms with Crippen molar-refractivity contribution < 1.29 is 13.2 Å². The zero-order chi connectivity index (χ0) is 13.9. The molecule has 0 amide bonds. The normalized spacial score (nSPS) is 23.5. The van der Waals surface area contributed by atoms with Crippen molar-refractivity contribution in [1.82, 2.24) is 10.0 Å². The van der Waals surface area contributed by atoms with Gasteiger partial charge in [0.25, 0.3) is 0 Å². The molecule has 0 aromatic heterocycles. The average Bonchev–Trinajstić information content (AvgIpc) is 2.86. The molecule has 1 unspecified atom stereocenters. The Kier molecular flexibility index (Phi) is 4.41. The largest absolute Gasteiger partial charge is 0.378 e. The van der Waals surface area contributed by atoms with Crippen LogP contribution < -0.4 is 15.4 Å². The first-order chi connectivity index (χ1) is 9.08. The van der Waals surface area contributed by atoms with Crippen LogP contribution in [0.1, 0.15) is 0 Å². The lowest BCUT2D eigenvalue weighted by molar-refractivity contribution is 0.111. The molecule has 2 rings (SSSR count). The van der Waals surface area contributed by atoms with Gasteiger partial charge in [0, 0.05) is 20.2 Å². The topological polar surface area (TPSA) is 79.5 Å². The van der Waals surface area contributed by atoms with Crippen molar-refractivity contribution in [3.05, 3.63) is 24.3 Å². The lowest BCUT2D eigenvalue weighted by atomic mass is 10.2. The standard InChI is InChI=1S/C12H19N3O3S/c1-13-19(16,17)12-6-4-3-5-9(12)15-10-7-14-8-11(10)18-2/h3-6,10-11,13-15H,7-8H2,1-2H3/t10?,11-/m0/s1. The number of para-hydroxylation sites is 1. The minimum Gasteiger partial charge on any atom is -0.378 e. The van der Waals surface area contributed by atoms with E-state index in [1.54, 1.807) is 31.4 Å². The SMILES string of the molecule is CNS(=O)(=O)c1ccccc1NC1CNC[C@@H]1OC. The number of nitrogens with one attached hydrogen (secondary N) is 3. The number of rotatable bonds is 5. The van der Waals surface area contributed by atoms with E-state index in [1.165, 1.54) is 7.05 Å². The van der Waals surface area contributed by atoms with Gasteiger partial charge in [-0.1, -0.05) is 12.1 Å². The van der Waals surface area contributed by atoms with Crippen LogP contribution in [-0.2, 0) is 14.8 Å². The Bertz CT molecular complexity index is 533. The minimum atomic E-state index is -3.47. The maximum Gasteiger partial charge on any atom is 0.242 e. The highest BCUT2D eigenvalue weighted by atomic mass is 32.2. The van der Waals surface area contributed by atoms with Gasteiger partial charge >= 0.3 is 0 Å². The van der Waals surface area contributed by atoms with Crippen LogP contribution in [-0.4, -0.2) is 47.8 Å². The maximum atomic E-state index is 11.9. The highest BCUT2D eigenvalue weighted by Gasteiger charge is 2.28. The molecule has 0 saturated carbocycles. The van der Waals surface area contributed by atoms with E-state index in [0.29, 0.717) is 5.69 Å². The van der Waals surface area contributed by atoms with Crippen LogP contribution in [0.3, 0.4) is 0 Å². The number of benzene rings is 1. The summed E-state index contributed by atoms with van der Waals surface area (Å²) in [6.07, 6.45) is 0.0327. The van der Waals surface area contributed by atoms with E-state index < -0.39 is 10.0 Å². The number of anilines is 1. The van der Waals surface area contributed by atoms with Gasteiger partial charge in [0.2, 0.25) is 10.0 Å².